The Bertz CT molecular complexity index is 765. The quantitative estimate of drug-likeness (QED) is 0.840. The van der Waals surface area contributed by atoms with Crippen molar-refractivity contribution in [1.82, 2.24) is 19.7 Å². The van der Waals surface area contributed by atoms with Gasteiger partial charge in [0.1, 0.15) is 18.7 Å². The van der Waals surface area contributed by atoms with Crippen LogP contribution in [0.3, 0.4) is 0 Å². The number of carbonyl (C=O) groups is 2. The summed E-state index contributed by atoms with van der Waals surface area (Å²) in [5.41, 5.74) is 1.12. The molecule has 0 aliphatic carbocycles. The number of aliphatic carboxylic acids is 1. The van der Waals surface area contributed by atoms with Crippen molar-refractivity contribution in [3.63, 3.8) is 0 Å². The van der Waals surface area contributed by atoms with Crippen LogP contribution in [0.25, 0.3) is 5.69 Å². The molecule has 132 valence electrons. The van der Waals surface area contributed by atoms with Gasteiger partial charge in [-0.2, -0.15) is 5.10 Å². The molecule has 1 aliphatic rings. The lowest BCUT2D eigenvalue weighted by atomic mass is 10.0. The Morgan fingerprint density at radius 1 is 1.36 bits per heavy atom. The Morgan fingerprint density at radius 3 is 2.92 bits per heavy atom. The number of carboxylic acids is 1. The Kier molecular flexibility index (Phi) is 5.30. The molecular formula is C16H18ClN5O3. The largest absolute Gasteiger partial charge is 0.480 e. The van der Waals surface area contributed by atoms with Gasteiger partial charge >= 0.3 is 5.97 Å². The molecule has 2 N–H and O–H groups in total. The van der Waals surface area contributed by atoms with E-state index >= 15 is 0 Å². The second-order valence-electron chi connectivity index (χ2n) is 5.87. The Balaban J connectivity index is 1.75. The van der Waals surface area contributed by atoms with Gasteiger partial charge < -0.3 is 10.4 Å². The van der Waals surface area contributed by atoms with Crippen LogP contribution in [0, 0.1) is 0 Å². The number of rotatable bonds is 5. The number of hydrogen-bond donors (Lipinski definition) is 2. The number of aromatic nitrogens is 3. The molecule has 3 rings (SSSR count). The van der Waals surface area contributed by atoms with Gasteiger partial charge in [-0.15, -0.1) is 0 Å². The predicted octanol–water partition coefficient (Wildman–Crippen LogP) is 1.80. The SMILES string of the molecule is O=C(CN1CCCCC1C(=O)O)Nc1cc(Cl)ccc1-n1cncn1. The number of amides is 1. The number of carbonyl (C=O) groups excluding carboxylic acids is 1. The number of carboxylic acid groups (broad SMARTS) is 1. The van der Waals surface area contributed by atoms with E-state index in [0.29, 0.717) is 29.4 Å². The highest BCUT2D eigenvalue weighted by Crippen LogP contribution is 2.24. The zero-order valence-corrected chi connectivity index (χ0v) is 14.2. The van der Waals surface area contributed by atoms with E-state index in [4.69, 9.17) is 11.6 Å². The monoisotopic (exact) mass is 363 g/mol. The summed E-state index contributed by atoms with van der Waals surface area (Å²) in [6.07, 6.45) is 5.22. The third-order valence-electron chi connectivity index (χ3n) is 4.14. The lowest BCUT2D eigenvalue weighted by Gasteiger charge is -2.32. The molecule has 1 amide bonds. The third kappa shape index (κ3) is 4.15. The Hall–Kier alpha value is -2.45. The maximum absolute atomic E-state index is 12.4. The average Bonchev–Trinajstić information content (AvgIpc) is 3.09. The lowest BCUT2D eigenvalue weighted by molar-refractivity contribution is -0.145. The van der Waals surface area contributed by atoms with Crippen LogP contribution in [-0.4, -0.2) is 55.8 Å². The Morgan fingerprint density at radius 2 is 2.20 bits per heavy atom. The van der Waals surface area contributed by atoms with Crippen LogP contribution >= 0.6 is 11.6 Å². The van der Waals surface area contributed by atoms with E-state index < -0.39 is 12.0 Å². The van der Waals surface area contributed by atoms with Gasteiger partial charge in [0.05, 0.1) is 17.9 Å². The molecule has 1 atom stereocenters. The van der Waals surface area contributed by atoms with Crippen molar-refractivity contribution in [2.75, 3.05) is 18.4 Å². The molecule has 1 unspecified atom stereocenters. The summed E-state index contributed by atoms with van der Waals surface area (Å²) in [6.45, 7) is 0.607. The zero-order chi connectivity index (χ0) is 17.8. The first-order chi connectivity index (χ1) is 12.0. The molecule has 2 heterocycles. The first kappa shape index (κ1) is 17.4. The minimum Gasteiger partial charge on any atom is -0.480 e. The van der Waals surface area contributed by atoms with Gasteiger partial charge in [-0.1, -0.05) is 18.0 Å². The fraction of sp³-hybridized carbons (Fsp3) is 0.375. The van der Waals surface area contributed by atoms with Crippen molar-refractivity contribution in [1.29, 1.82) is 0 Å². The molecule has 1 saturated heterocycles. The molecule has 8 nitrogen and oxygen atoms in total. The smallest absolute Gasteiger partial charge is 0.320 e. The molecular weight excluding hydrogens is 346 g/mol. The third-order valence-corrected chi connectivity index (χ3v) is 4.38. The summed E-state index contributed by atoms with van der Waals surface area (Å²) in [4.78, 5) is 29.4. The van der Waals surface area contributed by atoms with E-state index in [1.54, 1.807) is 23.1 Å². The van der Waals surface area contributed by atoms with Crippen LogP contribution < -0.4 is 5.32 Å². The molecule has 1 fully saturated rings. The number of likely N-dealkylation sites (tertiary alicyclic amines) is 1. The highest BCUT2D eigenvalue weighted by molar-refractivity contribution is 6.31. The van der Waals surface area contributed by atoms with E-state index in [2.05, 4.69) is 15.4 Å². The summed E-state index contributed by atoms with van der Waals surface area (Å²) in [6, 6.07) is 4.43. The van der Waals surface area contributed by atoms with E-state index in [0.717, 1.165) is 12.8 Å². The molecule has 1 aromatic heterocycles. The normalized spacial score (nSPS) is 18.0. The number of anilines is 1. The summed E-state index contributed by atoms with van der Waals surface area (Å²) in [5, 5.41) is 16.6. The summed E-state index contributed by atoms with van der Waals surface area (Å²) in [7, 11) is 0. The number of nitrogens with one attached hydrogen (secondary N) is 1. The lowest BCUT2D eigenvalue weighted by Crippen LogP contribution is -2.47. The molecule has 0 spiro atoms. The van der Waals surface area contributed by atoms with Crippen molar-refractivity contribution < 1.29 is 14.7 Å². The van der Waals surface area contributed by atoms with Gasteiger partial charge in [-0.05, 0) is 37.6 Å². The van der Waals surface area contributed by atoms with E-state index in [-0.39, 0.29) is 12.5 Å². The Labute approximate surface area is 149 Å². The number of hydrogen-bond acceptors (Lipinski definition) is 5. The fourth-order valence-electron chi connectivity index (χ4n) is 2.97. The maximum atomic E-state index is 12.4. The number of benzene rings is 1. The molecule has 25 heavy (non-hydrogen) atoms. The van der Waals surface area contributed by atoms with Crippen LogP contribution in [0.1, 0.15) is 19.3 Å². The molecule has 1 aromatic carbocycles. The number of nitrogens with zero attached hydrogens (tertiary/aromatic N) is 4. The minimum absolute atomic E-state index is 0.0142. The van der Waals surface area contributed by atoms with Crippen LogP contribution in [0.2, 0.25) is 5.02 Å². The molecule has 0 bridgehead atoms. The maximum Gasteiger partial charge on any atom is 0.320 e. The van der Waals surface area contributed by atoms with Gasteiger partial charge in [0.25, 0.3) is 0 Å². The zero-order valence-electron chi connectivity index (χ0n) is 13.4. The summed E-state index contributed by atoms with van der Waals surface area (Å²) in [5.74, 6) is -1.18. The predicted molar refractivity (Wildman–Crippen MR) is 91.8 cm³/mol. The van der Waals surface area contributed by atoms with E-state index in [1.807, 2.05) is 0 Å². The highest BCUT2D eigenvalue weighted by Gasteiger charge is 2.29. The van der Waals surface area contributed by atoms with Crippen molar-refractivity contribution in [2.24, 2.45) is 0 Å². The number of halogens is 1. The molecule has 1 aliphatic heterocycles. The van der Waals surface area contributed by atoms with E-state index in [1.165, 1.54) is 17.3 Å². The van der Waals surface area contributed by atoms with Crippen molar-refractivity contribution >= 4 is 29.2 Å². The van der Waals surface area contributed by atoms with Gasteiger partial charge in [-0.25, -0.2) is 9.67 Å². The van der Waals surface area contributed by atoms with Crippen LogP contribution in [-0.2, 0) is 9.59 Å². The number of piperidine rings is 1. The second kappa shape index (κ2) is 7.62. The average molecular weight is 364 g/mol. The van der Waals surface area contributed by atoms with Gasteiger partial charge in [0.15, 0.2) is 0 Å². The first-order valence-electron chi connectivity index (χ1n) is 7.96. The van der Waals surface area contributed by atoms with Crippen LogP contribution in [0.15, 0.2) is 30.9 Å². The van der Waals surface area contributed by atoms with Crippen molar-refractivity contribution in [2.45, 2.75) is 25.3 Å². The topological polar surface area (TPSA) is 100 Å². The summed E-state index contributed by atoms with van der Waals surface area (Å²) < 4.78 is 1.52. The van der Waals surface area contributed by atoms with Crippen molar-refractivity contribution in [3.8, 4) is 5.69 Å². The van der Waals surface area contributed by atoms with Crippen molar-refractivity contribution in [3.05, 3.63) is 35.9 Å². The van der Waals surface area contributed by atoms with E-state index in [9.17, 15) is 14.7 Å². The van der Waals surface area contributed by atoms with Gasteiger partial charge in [0, 0.05) is 5.02 Å². The minimum atomic E-state index is -0.890. The molecule has 0 saturated carbocycles. The van der Waals surface area contributed by atoms with Gasteiger partial charge in [-0.3, -0.25) is 14.5 Å². The summed E-state index contributed by atoms with van der Waals surface area (Å²) >= 11 is 6.03. The highest BCUT2D eigenvalue weighted by atomic mass is 35.5. The first-order valence-corrected chi connectivity index (χ1v) is 8.33. The standard InChI is InChI=1S/C16H18ClN5O3/c17-11-4-5-13(22-10-18-9-19-22)12(7-11)20-15(23)8-21-6-2-1-3-14(21)16(24)25/h4-5,7,9-10,14H,1-3,6,8H2,(H,20,23)(H,24,25). The van der Waals surface area contributed by atoms with Crippen LogP contribution in [0.5, 0.6) is 0 Å². The van der Waals surface area contributed by atoms with Gasteiger partial charge in [0.2, 0.25) is 5.91 Å². The molecule has 9 heteroatoms. The van der Waals surface area contributed by atoms with Crippen LogP contribution in [0.4, 0.5) is 5.69 Å². The fourth-order valence-corrected chi connectivity index (χ4v) is 3.15. The molecule has 0 radical (unpaired) electrons. The molecule has 2 aromatic rings. The second-order valence-corrected chi connectivity index (χ2v) is 6.31.